The number of anilines is 1. The minimum absolute atomic E-state index is 0.00567. The number of ether oxygens (including phenoxy) is 3. The zero-order valence-corrected chi connectivity index (χ0v) is 26.4. The zero-order chi connectivity index (χ0) is 31.1. The molecule has 1 saturated carbocycles. The molecule has 2 unspecified atom stereocenters. The van der Waals surface area contributed by atoms with Gasteiger partial charge in [0.1, 0.15) is 0 Å². The number of rotatable bonds is 14. The minimum Gasteiger partial charge on any atom is -0.493 e. The lowest BCUT2D eigenvalue weighted by Crippen LogP contribution is -2.45. The van der Waals surface area contributed by atoms with Gasteiger partial charge >= 0.3 is 6.03 Å². The molecule has 5 rings (SSSR count). The topological polar surface area (TPSA) is 92.4 Å². The molecule has 0 bridgehead atoms. The summed E-state index contributed by atoms with van der Waals surface area (Å²) >= 11 is 0. The van der Waals surface area contributed by atoms with E-state index in [1.807, 2.05) is 40.1 Å². The van der Waals surface area contributed by atoms with E-state index in [1.54, 1.807) is 32.4 Å². The summed E-state index contributed by atoms with van der Waals surface area (Å²) in [6, 6.07) is 19.7. The van der Waals surface area contributed by atoms with Gasteiger partial charge in [-0.1, -0.05) is 36.4 Å². The summed E-state index contributed by atoms with van der Waals surface area (Å²) in [6.45, 7) is 8.05. The average Bonchev–Trinajstić information content (AvgIpc) is 3.78. The predicted molar refractivity (Wildman–Crippen MR) is 174 cm³/mol. The van der Waals surface area contributed by atoms with Crippen LogP contribution in [0.1, 0.15) is 43.5 Å². The van der Waals surface area contributed by atoms with Gasteiger partial charge in [-0.15, -0.1) is 0 Å². The highest BCUT2D eigenvalue weighted by Crippen LogP contribution is 2.33. The standard InChI is InChI=1S/C35H46N4O5/c1-24(2)38(34(40)26-13-16-32(43-4)33(19-26)44-18-8-17-42-3)22-27-20-36-21-28(27)23-39(29-14-15-29)35(41)37-31-12-7-10-25-9-5-6-11-30(25)31/h5-7,9-13,16,19,24,27-29,36H,8,14-15,17-18,20-23H2,1-4H3,(H,37,41). The maximum absolute atomic E-state index is 13.9. The third-order valence-electron chi connectivity index (χ3n) is 8.67. The Kier molecular flexibility index (Phi) is 10.6. The van der Waals surface area contributed by atoms with E-state index in [2.05, 4.69) is 36.6 Å². The summed E-state index contributed by atoms with van der Waals surface area (Å²) in [6.07, 6.45) is 2.79. The van der Waals surface area contributed by atoms with E-state index in [9.17, 15) is 9.59 Å². The van der Waals surface area contributed by atoms with Crippen molar-refractivity contribution in [1.29, 1.82) is 0 Å². The van der Waals surface area contributed by atoms with Crippen LogP contribution in [0.2, 0.25) is 0 Å². The Bertz CT molecular complexity index is 1420. The minimum atomic E-state index is -0.0532. The van der Waals surface area contributed by atoms with Crippen molar-refractivity contribution in [3.05, 3.63) is 66.2 Å². The second-order valence-electron chi connectivity index (χ2n) is 12.1. The Morgan fingerprint density at radius 1 is 0.932 bits per heavy atom. The van der Waals surface area contributed by atoms with E-state index < -0.39 is 0 Å². The van der Waals surface area contributed by atoms with Gasteiger partial charge in [-0.2, -0.15) is 0 Å². The highest BCUT2D eigenvalue weighted by molar-refractivity contribution is 6.01. The fourth-order valence-corrected chi connectivity index (χ4v) is 6.03. The van der Waals surface area contributed by atoms with Crippen molar-refractivity contribution in [3.8, 4) is 11.5 Å². The lowest BCUT2D eigenvalue weighted by atomic mass is 9.94. The molecular formula is C35H46N4O5. The molecule has 3 aromatic rings. The summed E-state index contributed by atoms with van der Waals surface area (Å²) in [5.41, 5.74) is 1.40. The van der Waals surface area contributed by atoms with Gasteiger partial charge < -0.3 is 34.6 Å². The van der Waals surface area contributed by atoms with E-state index in [-0.39, 0.29) is 35.9 Å². The third-order valence-corrected chi connectivity index (χ3v) is 8.67. The molecule has 0 aromatic heterocycles. The molecule has 1 aliphatic heterocycles. The second kappa shape index (κ2) is 14.8. The van der Waals surface area contributed by atoms with Crippen molar-refractivity contribution < 1.29 is 23.8 Å². The molecule has 236 valence electrons. The van der Waals surface area contributed by atoms with E-state index >= 15 is 0 Å². The first kappa shape index (κ1) is 31.6. The van der Waals surface area contributed by atoms with E-state index in [4.69, 9.17) is 14.2 Å². The Balaban J connectivity index is 1.27. The average molecular weight is 603 g/mol. The maximum atomic E-state index is 13.9. The molecule has 2 atom stereocenters. The molecule has 2 aliphatic rings. The van der Waals surface area contributed by atoms with Gasteiger partial charge in [0.15, 0.2) is 11.5 Å². The van der Waals surface area contributed by atoms with Crippen LogP contribution in [0.4, 0.5) is 10.5 Å². The number of methoxy groups -OCH3 is 2. The molecule has 0 spiro atoms. The number of benzene rings is 3. The lowest BCUT2D eigenvalue weighted by molar-refractivity contribution is 0.0653. The number of nitrogens with zero attached hydrogens (tertiary/aromatic N) is 2. The normalized spacial score (nSPS) is 17.9. The van der Waals surface area contributed by atoms with E-state index in [0.29, 0.717) is 43.4 Å². The number of amides is 3. The van der Waals surface area contributed by atoms with Crippen LogP contribution in [0.3, 0.4) is 0 Å². The first-order valence-electron chi connectivity index (χ1n) is 15.8. The summed E-state index contributed by atoms with van der Waals surface area (Å²) in [7, 11) is 3.26. The Morgan fingerprint density at radius 2 is 1.68 bits per heavy atom. The van der Waals surface area contributed by atoms with Crippen molar-refractivity contribution in [2.75, 3.05) is 58.9 Å². The van der Waals surface area contributed by atoms with Crippen LogP contribution in [-0.4, -0.2) is 87.4 Å². The first-order chi connectivity index (χ1) is 21.4. The van der Waals surface area contributed by atoms with Gasteiger partial charge in [-0.25, -0.2) is 4.79 Å². The quantitative estimate of drug-likeness (QED) is 0.232. The molecular weight excluding hydrogens is 556 g/mol. The first-order valence-corrected chi connectivity index (χ1v) is 15.8. The molecule has 44 heavy (non-hydrogen) atoms. The van der Waals surface area contributed by atoms with Crippen molar-refractivity contribution in [2.24, 2.45) is 11.8 Å². The number of hydrogen-bond acceptors (Lipinski definition) is 6. The van der Waals surface area contributed by atoms with Crippen molar-refractivity contribution in [1.82, 2.24) is 15.1 Å². The second-order valence-corrected chi connectivity index (χ2v) is 12.1. The van der Waals surface area contributed by atoms with Crippen molar-refractivity contribution in [2.45, 2.75) is 45.2 Å². The monoisotopic (exact) mass is 602 g/mol. The van der Waals surface area contributed by atoms with Gasteiger partial charge in [0.2, 0.25) is 0 Å². The highest BCUT2D eigenvalue weighted by Gasteiger charge is 2.38. The number of carbonyl (C=O) groups excluding carboxylic acids is 2. The number of nitrogens with one attached hydrogen (secondary N) is 2. The molecule has 0 radical (unpaired) electrons. The molecule has 1 aliphatic carbocycles. The van der Waals surface area contributed by atoms with Crippen LogP contribution in [0.15, 0.2) is 60.7 Å². The molecule has 1 saturated heterocycles. The zero-order valence-electron chi connectivity index (χ0n) is 26.4. The summed E-state index contributed by atoms with van der Waals surface area (Å²) in [5.74, 6) is 1.56. The predicted octanol–water partition coefficient (Wildman–Crippen LogP) is 5.65. The molecule has 1 heterocycles. The van der Waals surface area contributed by atoms with Crippen LogP contribution in [0.5, 0.6) is 11.5 Å². The SMILES string of the molecule is COCCCOc1cc(C(=O)N(CC2CNCC2CN(C(=O)Nc2cccc3ccccc23)C2CC2)C(C)C)ccc1OC. The maximum Gasteiger partial charge on any atom is 0.322 e. The van der Waals surface area contributed by atoms with Crippen LogP contribution in [0.25, 0.3) is 10.8 Å². The third kappa shape index (κ3) is 7.63. The van der Waals surface area contributed by atoms with Gasteiger partial charge in [-0.3, -0.25) is 4.79 Å². The Labute approximate surface area is 260 Å². The summed E-state index contributed by atoms with van der Waals surface area (Å²) in [4.78, 5) is 31.5. The molecule has 9 nitrogen and oxygen atoms in total. The summed E-state index contributed by atoms with van der Waals surface area (Å²) in [5, 5.41) is 8.88. The Hall–Kier alpha value is -3.82. The van der Waals surface area contributed by atoms with E-state index in [1.165, 1.54) is 0 Å². The van der Waals surface area contributed by atoms with Gasteiger partial charge in [0, 0.05) is 69.3 Å². The number of carbonyl (C=O) groups is 2. The number of urea groups is 1. The smallest absolute Gasteiger partial charge is 0.322 e. The van der Waals surface area contributed by atoms with Crippen molar-refractivity contribution >= 4 is 28.4 Å². The number of hydrogen-bond donors (Lipinski definition) is 2. The van der Waals surface area contributed by atoms with Gasteiger partial charge in [-0.05, 0) is 68.2 Å². The number of fused-ring (bicyclic) bond motifs is 1. The fourth-order valence-electron chi connectivity index (χ4n) is 6.03. The van der Waals surface area contributed by atoms with Crippen molar-refractivity contribution in [3.63, 3.8) is 0 Å². The molecule has 3 amide bonds. The molecule has 2 N–H and O–H groups in total. The Morgan fingerprint density at radius 3 is 2.41 bits per heavy atom. The summed E-state index contributed by atoms with van der Waals surface area (Å²) < 4.78 is 16.5. The molecule has 3 aromatic carbocycles. The van der Waals surface area contributed by atoms with E-state index in [0.717, 1.165) is 48.8 Å². The largest absolute Gasteiger partial charge is 0.493 e. The fraction of sp³-hybridized carbons (Fsp3) is 0.486. The van der Waals surface area contributed by atoms with Crippen LogP contribution in [0, 0.1) is 11.8 Å². The molecule has 2 fully saturated rings. The van der Waals surface area contributed by atoms with Crippen LogP contribution < -0.4 is 20.1 Å². The highest BCUT2D eigenvalue weighted by atomic mass is 16.5. The van der Waals surface area contributed by atoms with Gasteiger partial charge in [0.05, 0.1) is 19.4 Å². The lowest BCUT2D eigenvalue weighted by Gasteiger charge is -2.33. The van der Waals surface area contributed by atoms with Crippen LogP contribution >= 0.6 is 0 Å². The van der Waals surface area contributed by atoms with Gasteiger partial charge in [0.25, 0.3) is 5.91 Å². The molecule has 9 heteroatoms. The van der Waals surface area contributed by atoms with Crippen LogP contribution in [-0.2, 0) is 4.74 Å².